The highest BCUT2D eigenvalue weighted by Crippen LogP contribution is 2.26. The zero-order chi connectivity index (χ0) is 17.0. The van der Waals surface area contributed by atoms with Crippen LogP contribution in [-0.2, 0) is 0 Å². The minimum atomic E-state index is 0.150. The molecule has 0 aromatic rings. The van der Waals surface area contributed by atoms with Crippen LogP contribution in [0.25, 0.3) is 0 Å². The fraction of sp³-hybridized carbons (Fsp3) is 0.947. The van der Waals surface area contributed by atoms with Crippen LogP contribution < -0.4 is 5.32 Å². The van der Waals surface area contributed by atoms with E-state index in [2.05, 4.69) is 21.4 Å². The normalized spacial score (nSPS) is 20.0. The average Bonchev–Trinajstić information content (AvgIpc) is 2.63. The van der Waals surface area contributed by atoms with Crippen molar-refractivity contribution >= 4 is 17.8 Å². The molecule has 0 aromatic carbocycles. The van der Waals surface area contributed by atoms with Gasteiger partial charge in [0.05, 0.1) is 0 Å². The lowest BCUT2D eigenvalue weighted by atomic mass is 9.87. The van der Waals surface area contributed by atoms with Gasteiger partial charge >= 0.3 is 6.03 Å². The smallest absolute Gasteiger partial charge is 0.317 e. The second-order valence-electron chi connectivity index (χ2n) is 7.41. The van der Waals surface area contributed by atoms with Crippen molar-refractivity contribution < 1.29 is 4.79 Å². The number of nitrogens with zero attached hydrogens (tertiary/aromatic N) is 2. The molecule has 1 saturated heterocycles. The van der Waals surface area contributed by atoms with E-state index in [0.717, 1.165) is 37.8 Å². The predicted molar refractivity (Wildman–Crippen MR) is 105 cm³/mol. The Morgan fingerprint density at radius 3 is 2.50 bits per heavy atom. The number of nitrogens with one attached hydrogen (secondary N) is 1. The fourth-order valence-electron chi connectivity index (χ4n) is 3.95. The van der Waals surface area contributed by atoms with Gasteiger partial charge in [-0.15, -0.1) is 0 Å². The molecule has 5 heteroatoms. The van der Waals surface area contributed by atoms with E-state index in [1.165, 1.54) is 70.9 Å². The third-order valence-electron chi connectivity index (χ3n) is 5.54. The molecule has 1 N–H and O–H groups in total. The molecule has 0 spiro atoms. The third-order valence-corrected chi connectivity index (χ3v) is 6.13. The molecule has 1 aliphatic heterocycles. The first kappa shape index (κ1) is 19.9. The maximum atomic E-state index is 12.6. The Morgan fingerprint density at radius 2 is 1.79 bits per heavy atom. The number of carbonyl (C=O) groups excluding carboxylic acids is 1. The molecule has 0 aromatic heterocycles. The minimum absolute atomic E-state index is 0.150. The summed E-state index contributed by atoms with van der Waals surface area (Å²) >= 11 is 1.83. The molecule has 2 rings (SSSR count). The van der Waals surface area contributed by atoms with Crippen LogP contribution in [0.3, 0.4) is 0 Å². The highest BCUT2D eigenvalue weighted by molar-refractivity contribution is 7.98. The summed E-state index contributed by atoms with van der Waals surface area (Å²) in [5.41, 5.74) is 0. The first-order valence-corrected chi connectivity index (χ1v) is 11.4. The zero-order valence-corrected chi connectivity index (χ0v) is 16.4. The van der Waals surface area contributed by atoms with Crippen LogP contribution >= 0.6 is 11.8 Å². The van der Waals surface area contributed by atoms with Gasteiger partial charge in [0.25, 0.3) is 0 Å². The van der Waals surface area contributed by atoms with E-state index in [-0.39, 0.29) is 6.03 Å². The van der Waals surface area contributed by atoms with Crippen molar-refractivity contribution in [2.24, 2.45) is 5.92 Å². The summed E-state index contributed by atoms with van der Waals surface area (Å²) in [4.78, 5) is 17.1. The van der Waals surface area contributed by atoms with Gasteiger partial charge in [-0.3, -0.25) is 0 Å². The van der Waals surface area contributed by atoms with Gasteiger partial charge in [0.15, 0.2) is 0 Å². The van der Waals surface area contributed by atoms with E-state index in [9.17, 15) is 4.79 Å². The Kier molecular flexibility index (Phi) is 9.96. The van der Waals surface area contributed by atoms with Gasteiger partial charge in [-0.05, 0) is 44.5 Å². The molecule has 2 aliphatic rings. The van der Waals surface area contributed by atoms with E-state index >= 15 is 0 Å². The Balaban J connectivity index is 1.67. The number of amides is 2. The fourth-order valence-corrected chi connectivity index (χ4v) is 4.35. The van der Waals surface area contributed by atoms with Crippen molar-refractivity contribution in [2.45, 2.75) is 57.8 Å². The zero-order valence-electron chi connectivity index (χ0n) is 15.6. The molecule has 0 bridgehead atoms. The van der Waals surface area contributed by atoms with Crippen LogP contribution in [0, 0.1) is 5.92 Å². The summed E-state index contributed by atoms with van der Waals surface area (Å²) in [5, 5.41) is 3.16. The van der Waals surface area contributed by atoms with Gasteiger partial charge in [0, 0.05) is 31.9 Å². The predicted octanol–water partition coefficient (Wildman–Crippen LogP) is 3.82. The van der Waals surface area contributed by atoms with Crippen LogP contribution in [-0.4, -0.2) is 67.1 Å². The van der Waals surface area contributed by atoms with Gasteiger partial charge < -0.3 is 15.1 Å². The summed E-state index contributed by atoms with van der Waals surface area (Å²) in [6, 6.07) is 0.150. The first-order valence-electron chi connectivity index (χ1n) is 10.0. The number of carbonyl (C=O) groups is 1. The van der Waals surface area contributed by atoms with Crippen LogP contribution in [0.4, 0.5) is 4.79 Å². The molecule has 1 heterocycles. The second-order valence-corrected chi connectivity index (χ2v) is 8.39. The largest absolute Gasteiger partial charge is 0.337 e. The van der Waals surface area contributed by atoms with E-state index in [4.69, 9.17) is 0 Å². The van der Waals surface area contributed by atoms with E-state index in [0.29, 0.717) is 0 Å². The van der Waals surface area contributed by atoms with E-state index in [1.54, 1.807) is 0 Å². The molecule has 140 valence electrons. The first-order chi connectivity index (χ1) is 11.8. The Bertz CT molecular complexity index is 342. The SMILES string of the molecule is CSCCN(CCC1CCCCC1)C(=O)NCCN1CCCCC1. The van der Waals surface area contributed by atoms with Crippen molar-refractivity contribution in [2.75, 3.05) is 51.3 Å². The number of piperidine rings is 1. The second kappa shape index (κ2) is 12.0. The maximum absolute atomic E-state index is 12.6. The molecule has 4 nitrogen and oxygen atoms in total. The van der Waals surface area contributed by atoms with Crippen LogP contribution in [0.1, 0.15) is 57.8 Å². The lowest BCUT2D eigenvalue weighted by Crippen LogP contribution is -2.45. The topological polar surface area (TPSA) is 35.6 Å². The van der Waals surface area contributed by atoms with Crippen molar-refractivity contribution in [1.82, 2.24) is 15.1 Å². The molecule has 1 aliphatic carbocycles. The molecular weight excluding hydrogens is 318 g/mol. The number of urea groups is 1. The van der Waals surface area contributed by atoms with E-state index < -0.39 is 0 Å². The van der Waals surface area contributed by atoms with Gasteiger partial charge in [0.1, 0.15) is 0 Å². The summed E-state index contributed by atoms with van der Waals surface area (Å²) in [7, 11) is 0. The lowest BCUT2D eigenvalue weighted by molar-refractivity contribution is 0.187. The molecule has 2 amide bonds. The summed E-state index contributed by atoms with van der Waals surface area (Å²) in [5.74, 6) is 1.88. The summed E-state index contributed by atoms with van der Waals surface area (Å²) in [6.07, 6.45) is 14.2. The Labute approximate surface area is 153 Å². The lowest BCUT2D eigenvalue weighted by Gasteiger charge is -2.29. The molecule has 0 radical (unpaired) electrons. The molecule has 2 fully saturated rings. The van der Waals surface area contributed by atoms with Gasteiger partial charge in [0.2, 0.25) is 0 Å². The number of hydrogen-bond donors (Lipinski definition) is 1. The monoisotopic (exact) mass is 355 g/mol. The Hall–Kier alpha value is -0.420. The van der Waals surface area contributed by atoms with Gasteiger partial charge in [-0.2, -0.15) is 11.8 Å². The molecule has 0 atom stereocenters. The molecule has 1 saturated carbocycles. The molecule has 0 unspecified atom stereocenters. The van der Waals surface area contributed by atoms with E-state index in [1.807, 2.05) is 11.8 Å². The minimum Gasteiger partial charge on any atom is -0.337 e. The quantitative estimate of drug-likeness (QED) is 0.683. The number of likely N-dealkylation sites (tertiary alicyclic amines) is 1. The number of rotatable bonds is 9. The highest BCUT2D eigenvalue weighted by atomic mass is 32.2. The van der Waals surface area contributed by atoms with Crippen molar-refractivity contribution in [3.05, 3.63) is 0 Å². The molecular formula is C19H37N3OS. The van der Waals surface area contributed by atoms with Crippen molar-refractivity contribution in [3.8, 4) is 0 Å². The maximum Gasteiger partial charge on any atom is 0.317 e. The highest BCUT2D eigenvalue weighted by Gasteiger charge is 2.18. The van der Waals surface area contributed by atoms with Crippen LogP contribution in [0.15, 0.2) is 0 Å². The van der Waals surface area contributed by atoms with Crippen molar-refractivity contribution in [3.63, 3.8) is 0 Å². The van der Waals surface area contributed by atoms with Gasteiger partial charge in [-0.1, -0.05) is 38.5 Å². The summed E-state index contributed by atoms with van der Waals surface area (Å²) < 4.78 is 0. The van der Waals surface area contributed by atoms with Gasteiger partial charge in [-0.25, -0.2) is 4.79 Å². The number of thioether (sulfide) groups is 1. The van der Waals surface area contributed by atoms with Crippen molar-refractivity contribution in [1.29, 1.82) is 0 Å². The van der Waals surface area contributed by atoms with Crippen LogP contribution in [0.2, 0.25) is 0 Å². The molecule has 24 heavy (non-hydrogen) atoms. The van der Waals surface area contributed by atoms with Crippen LogP contribution in [0.5, 0.6) is 0 Å². The summed E-state index contributed by atoms with van der Waals surface area (Å²) in [6.45, 7) is 6.01. The average molecular weight is 356 g/mol. The number of hydrogen-bond acceptors (Lipinski definition) is 3. The standard InChI is InChI=1S/C19H37N3OS/c1-24-17-16-22(14-10-18-8-4-2-5-9-18)19(23)20-11-15-21-12-6-3-7-13-21/h18H,2-17H2,1H3,(H,20,23). The Morgan fingerprint density at radius 1 is 1.08 bits per heavy atom. The third kappa shape index (κ3) is 7.64.